The molecule has 1 aliphatic rings. The van der Waals surface area contributed by atoms with Gasteiger partial charge in [-0.3, -0.25) is 4.57 Å². The van der Waals surface area contributed by atoms with Crippen molar-refractivity contribution in [2.24, 2.45) is 0 Å². The Labute approximate surface area is 208 Å². The van der Waals surface area contributed by atoms with Gasteiger partial charge >= 0.3 is 6.03 Å². The lowest BCUT2D eigenvalue weighted by Crippen LogP contribution is -2.41. The number of H-pyrrole nitrogens is 1. The van der Waals surface area contributed by atoms with Crippen LogP contribution in [0.1, 0.15) is 12.1 Å². The first kappa shape index (κ1) is 21.9. The van der Waals surface area contributed by atoms with Gasteiger partial charge in [0.05, 0.1) is 16.7 Å². The molecular weight excluding hydrogens is 450 g/mol. The largest absolute Gasteiger partial charge is 0.355 e. The summed E-state index contributed by atoms with van der Waals surface area (Å²) in [6, 6.07) is 20.6. The second-order valence-corrected chi connectivity index (χ2v) is 9.18. The molecule has 0 radical (unpaired) electrons. The second kappa shape index (κ2) is 8.88. The zero-order valence-electron chi connectivity index (χ0n) is 20.3. The summed E-state index contributed by atoms with van der Waals surface area (Å²) in [6.45, 7) is 1.31. The molecule has 0 fully saturated rings. The van der Waals surface area contributed by atoms with Crippen molar-refractivity contribution in [2.75, 3.05) is 32.5 Å². The number of pyridine rings is 1. The van der Waals surface area contributed by atoms with Crippen LogP contribution in [-0.2, 0) is 0 Å². The molecule has 0 aliphatic carbocycles. The predicted molar refractivity (Wildman–Crippen MR) is 144 cm³/mol. The van der Waals surface area contributed by atoms with E-state index >= 15 is 0 Å². The Hall–Kier alpha value is -4.59. The average Bonchev–Trinajstić information content (AvgIpc) is 3.54. The highest BCUT2D eigenvalue weighted by molar-refractivity contribution is 5.95. The number of rotatable bonds is 4. The van der Waals surface area contributed by atoms with E-state index in [2.05, 4.69) is 55.2 Å². The third kappa shape index (κ3) is 3.96. The van der Waals surface area contributed by atoms with E-state index in [1.807, 2.05) is 53.8 Å². The summed E-state index contributed by atoms with van der Waals surface area (Å²) in [5.41, 5.74) is 8.09. The van der Waals surface area contributed by atoms with Crippen LogP contribution in [0.3, 0.4) is 0 Å². The number of hydrogen-bond acceptors (Lipinski definition) is 4. The summed E-state index contributed by atoms with van der Waals surface area (Å²) >= 11 is 0. The quantitative estimate of drug-likeness (QED) is 0.362. The number of para-hydroxylation sites is 1. The monoisotopic (exact) mass is 477 g/mol. The number of anilines is 2. The average molecular weight is 478 g/mol. The molecule has 1 aliphatic heterocycles. The maximum absolute atomic E-state index is 12.3. The van der Waals surface area contributed by atoms with E-state index in [1.54, 1.807) is 19.0 Å². The van der Waals surface area contributed by atoms with Gasteiger partial charge in [0.15, 0.2) is 0 Å². The van der Waals surface area contributed by atoms with Gasteiger partial charge in [-0.05, 0) is 54.5 Å². The Morgan fingerprint density at radius 2 is 1.92 bits per heavy atom. The first-order valence-electron chi connectivity index (χ1n) is 12.0. The number of nitrogens with zero attached hydrogens (tertiary/aromatic N) is 5. The minimum absolute atomic E-state index is 0.0423. The minimum Gasteiger partial charge on any atom is -0.355 e. The van der Waals surface area contributed by atoms with E-state index in [1.165, 1.54) is 5.57 Å². The van der Waals surface area contributed by atoms with Gasteiger partial charge in [0, 0.05) is 55.8 Å². The number of aromatic nitrogens is 4. The summed E-state index contributed by atoms with van der Waals surface area (Å²) in [4.78, 5) is 28.3. The van der Waals surface area contributed by atoms with E-state index < -0.39 is 0 Å². The SMILES string of the molecule is CN(C)C(=O)N1CC=C(c2cc3c(Nc4ccc5ncn(-c6ccccc6)c5c4)ccnc3[nH]2)CC1. The van der Waals surface area contributed by atoms with Gasteiger partial charge in [-0.1, -0.05) is 24.3 Å². The lowest BCUT2D eigenvalue weighted by atomic mass is 10.0. The van der Waals surface area contributed by atoms with E-state index in [4.69, 9.17) is 0 Å². The van der Waals surface area contributed by atoms with Crippen molar-refractivity contribution in [2.45, 2.75) is 6.42 Å². The first-order valence-corrected chi connectivity index (χ1v) is 12.0. The highest BCUT2D eigenvalue weighted by Gasteiger charge is 2.20. The van der Waals surface area contributed by atoms with E-state index in [0.717, 1.165) is 51.2 Å². The Bertz CT molecular complexity index is 1600. The molecule has 8 nitrogen and oxygen atoms in total. The molecule has 0 atom stereocenters. The fourth-order valence-corrected chi connectivity index (χ4v) is 4.71. The zero-order valence-corrected chi connectivity index (χ0v) is 20.3. The van der Waals surface area contributed by atoms with Gasteiger partial charge in [-0.25, -0.2) is 14.8 Å². The van der Waals surface area contributed by atoms with Crippen molar-refractivity contribution >= 4 is 45.0 Å². The highest BCUT2D eigenvalue weighted by atomic mass is 16.2. The predicted octanol–water partition coefficient (Wildman–Crippen LogP) is 5.42. The van der Waals surface area contributed by atoms with E-state index in [0.29, 0.717) is 13.1 Å². The molecule has 0 saturated heterocycles. The standard InChI is InChI=1S/C28H27N7O/c1-33(2)28(36)34-14-11-19(12-15-34)25-17-22-23(10-13-29-27(22)32-25)31-20-8-9-24-26(16-20)35(18-30-24)21-6-4-3-5-7-21/h3-11,13,16-18H,12,14-15H2,1-2H3,(H2,29,31,32). The van der Waals surface area contributed by atoms with Gasteiger partial charge in [0.25, 0.3) is 0 Å². The zero-order chi connectivity index (χ0) is 24.6. The van der Waals surface area contributed by atoms with Crippen LogP contribution in [-0.4, -0.2) is 62.5 Å². The van der Waals surface area contributed by atoms with Crippen LogP contribution in [0.5, 0.6) is 0 Å². The van der Waals surface area contributed by atoms with Crippen molar-refractivity contribution in [3.05, 3.63) is 85.0 Å². The molecule has 2 amide bonds. The molecule has 5 aromatic rings. The fraction of sp³-hybridized carbons (Fsp3) is 0.179. The number of carbonyl (C=O) groups excluding carboxylic acids is 1. The van der Waals surface area contributed by atoms with Crippen molar-refractivity contribution in [1.29, 1.82) is 0 Å². The Morgan fingerprint density at radius 1 is 1.06 bits per heavy atom. The lowest BCUT2D eigenvalue weighted by Gasteiger charge is -2.28. The number of imidazole rings is 1. The van der Waals surface area contributed by atoms with Gasteiger partial charge in [-0.2, -0.15) is 0 Å². The molecule has 4 heterocycles. The van der Waals surface area contributed by atoms with Gasteiger partial charge in [0.2, 0.25) is 0 Å². The number of urea groups is 1. The van der Waals surface area contributed by atoms with Crippen LogP contribution in [0.15, 0.2) is 79.3 Å². The first-order chi connectivity index (χ1) is 17.6. The number of nitrogens with one attached hydrogen (secondary N) is 2. The van der Waals surface area contributed by atoms with Crippen molar-refractivity contribution < 1.29 is 4.79 Å². The maximum Gasteiger partial charge on any atom is 0.319 e. The van der Waals surface area contributed by atoms with Gasteiger partial charge in [-0.15, -0.1) is 0 Å². The third-order valence-corrected chi connectivity index (χ3v) is 6.60. The maximum atomic E-state index is 12.3. The van der Waals surface area contributed by atoms with Crippen LogP contribution in [0, 0.1) is 0 Å². The Morgan fingerprint density at radius 3 is 2.69 bits per heavy atom. The number of aromatic amines is 1. The molecule has 36 heavy (non-hydrogen) atoms. The molecule has 180 valence electrons. The van der Waals surface area contributed by atoms with Crippen molar-refractivity contribution in [1.82, 2.24) is 29.3 Å². The molecule has 6 rings (SSSR count). The summed E-state index contributed by atoms with van der Waals surface area (Å²) in [6.07, 6.45) is 6.60. The molecule has 0 unspecified atom stereocenters. The molecule has 2 N–H and O–H groups in total. The van der Waals surface area contributed by atoms with Crippen LogP contribution in [0.4, 0.5) is 16.2 Å². The van der Waals surface area contributed by atoms with Gasteiger partial charge < -0.3 is 20.1 Å². The second-order valence-electron chi connectivity index (χ2n) is 9.18. The number of amides is 2. The normalized spacial score (nSPS) is 13.7. The molecule has 0 bridgehead atoms. The summed E-state index contributed by atoms with van der Waals surface area (Å²) < 4.78 is 2.09. The van der Waals surface area contributed by atoms with E-state index in [-0.39, 0.29) is 6.03 Å². The number of fused-ring (bicyclic) bond motifs is 2. The Balaban J connectivity index is 1.29. The smallest absolute Gasteiger partial charge is 0.319 e. The number of hydrogen-bond donors (Lipinski definition) is 2. The lowest BCUT2D eigenvalue weighted by molar-refractivity contribution is 0.176. The molecule has 8 heteroatoms. The number of carbonyl (C=O) groups is 1. The van der Waals surface area contributed by atoms with E-state index in [9.17, 15) is 4.79 Å². The Kier molecular flexibility index (Phi) is 5.41. The third-order valence-electron chi connectivity index (χ3n) is 6.60. The fourth-order valence-electron chi connectivity index (χ4n) is 4.71. The minimum atomic E-state index is 0.0423. The van der Waals surface area contributed by atoms with Crippen LogP contribution in [0.25, 0.3) is 33.3 Å². The highest BCUT2D eigenvalue weighted by Crippen LogP contribution is 2.31. The van der Waals surface area contributed by atoms with Crippen LogP contribution >= 0.6 is 0 Å². The molecule has 3 aromatic heterocycles. The molecule has 2 aromatic carbocycles. The summed E-state index contributed by atoms with van der Waals surface area (Å²) in [5, 5.41) is 4.60. The van der Waals surface area contributed by atoms with Crippen LogP contribution in [0.2, 0.25) is 0 Å². The topological polar surface area (TPSA) is 82.1 Å². The van der Waals surface area contributed by atoms with Crippen molar-refractivity contribution in [3.63, 3.8) is 0 Å². The van der Waals surface area contributed by atoms with Crippen molar-refractivity contribution in [3.8, 4) is 5.69 Å². The molecule has 0 saturated carbocycles. The van der Waals surface area contributed by atoms with Gasteiger partial charge in [0.1, 0.15) is 12.0 Å². The number of benzene rings is 2. The summed E-state index contributed by atoms with van der Waals surface area (Å²) in [5.74, 6) is 0. The summed E-state index contributed by atoms with van der Waals surface area (Å²) in [7, 11) is 3.57. The molecule has 0 spiro atoms. The van der Waals surface area contributed by atoms with Crippen LogP contribution < -0.4 is 5.32 Å². The molecular formula is C28H27N7O.